The molecule has 23 heavy (non-hydrogen) atoms. The average molecular weight is 318 g/mol. The summed E-state index contributed by atoms with van der Waals surface area (Å²) in [5.41, 5.74) is 0.489. The topological polar surface area (TPSA) is 58.6 Å². The minimum atomic E-state index is -0.212. The molecule has 2 atom stereocenters. The Kier molecular flexibility index (Phi) is 6.02. The summed E-state index contributed by atoms with van der Waals surface area (Å²) in [6.07, 6.45) is 1.51. The van der Waals surface area contributed by atoms with Crippen molar-refractivity contribution in [1.82, 2.24) is 10.2 Å². The van der Waals surface area contributed by atoms with Gasteiger partial charge >= 0.3 is 0 Å². The highest BCUT2D eigenvalue weighted by atomic mass is 16.5. The standard InChI is InChI=1S/C18H26N2O3/c1-13-10-14(2)12-20(11-13)17(21)8-9-19-18(22)15-6-4-5-7-16(15)23-3/h4-7,13-14H,8-12H2,1-3H3,(H,19,22). The first-order valence-electron chi connectivity index (χ1n) is 8.20. The lowest BCUT2D eigenvalue weighted by molar-refractivity contribution is -0.133. The zero-order valence-corrected chi connectivity index (χ0v) is 14.2. The molecular weight excluding hydrogens is 292 g/mol. The molecular formula is C18H26N2O3. The molecule has 1 fully saturated rings. The van der Waals surface area contributed by atoms with Crippen LogP contribution in [-0.2, 0) is 4.79 Å². The van der Waals surface area contributed by atoms with E-state index in [-0.39, 0.29) is 11.8 Å². The Bertz CT molecular complexity index is 549. The number of benzene rings is 1. The summed E-state index contributed by atoms with van der Waals surface area (Å²) < 4.78 is 5.18. The number of ether oxygens (including phenoxy) is 1. The number of likely N-dealkylation sites (tertiary alicyclic amines) is 1. The number of carbonyl (C=O) groups excluding carboxylic acids is 2. The first kappa shape index (κ1) is 17.3. The van der Waals surface area contributed by atoms with Gasteiger partial charge in [-0.3, -0.25) is 9.59 Å². The van der Waals surface area contributed by atoms with Crippen LogP contribution in [-0.4, -0.2) is 43.5 Å². The molecule has 2 unspecified atom stereocenters. The monoisotopic (exact) mass is 318 g/mol. The molecule has 0 spiro atoms. The highest BCUT2D eigenvalue weighted by Crippen LogP contribution is 2.21. The zero-order chi connectivity index (χ0) is 16.8. The van der Waals surface area contributed by atoms with Gasteiger partial charge in [0.25, 0.3) is 5.91 Å². The predicted molar refractivity (Wildman–Crippen MR) is 89.5 cm³/mol. The van der Waals surface area contributed by atoms with Crippen LogP contribution in [0.2, 0.25) is 0 Å². The molecule has 5 heteroatoms. The van der Waals surface area contributed by atoms with E-state index in [9.17, 15) is 9.59 Å². The number of hydrogen-bond donors (Lipinski definition) is 1. The van der Waals surface area contributed by atoms with E-state index < -0.39 is 0 Å². The van der Waals surface area contributed by atoms with Gasteiger partial charge in [-0.2, -0.15) is 0 Å². The fourth-order valence-electron chi connectivity index (χ4n) is 3.24. The molecule has 0 saturated carbocycles. The van der Waals surface area contributed by atoms with E-state index in [2.05, 4.69) is 19.2 Å². The lowest BCUT2D eigenvalue weighted by atomic mass is 9.92. The van der Waals surface area contributed by atoms with Gasteiger partial charge in [0.15, 0.2) is 0 Å². The van der Waals surface area contributed by atoms with Gasteiger partial charge in [-0.25, -0.2) is 0 Å². The summed E-state index contributed by atoms with van der Waals surface area (Å²) in [4.78, 5) is 26.4. The highest BCUT2D eigenvalue weighted by Gasteiger charge is 2.25. The molecule has 0 radical (unpaired) electrons. The fourth-order valence-corrected chi connectivity index (χ4v) is 3.24. The third kappa shape index (κ3) is 4.71. The number of nitrogens with zero attached hydrogens (tertiary/aromatic N) is 1. The number of hydrogen-bond acceptors (Lipinski definition) is 3. The van der Waals surface area contributed by atoms with Crippen molar-refractivity contribution < 1.29 is 14.3 Å². The van der Waals surface area contributed by atoms with E-state index in [0.717, 1.165) is 13.1 Å². The van der Waals surface area contributed by atoms with Gasteiger partial charge in [0, 0.05) is 26.1 Å². The van der Waals surface area contributed by atoms with Crippen molar-refractivity contribution in [1.29, 1.82) is 0 Å². The van der Waals surface area contributed by atoms with Crippen LogP contribution in [0, 0.1) is 11.8 Å². The normalized spacial score (nSPS) is 20.9. The van der Waals surface area contributed by atoms with Crippen molar-refractivity contribution in [2.24, 2.45) is 11.8 Å². The lowest BCUT2D eigenvalue weighted by Gasteiger charge is -2.35. The first-order valence-corrected chi connectivity index (χ1v) is 8.20. The van der Waals surface area contributed by atoms with Crippen LogP contribution in [0.25, 0.3) is 0 Å². The smallest absolute Gasteiger partial charge is 0.255 e. The van der Waals surface area contributed by atoms with E-state index in [1.807, 2.05) is 11.0 Å². The molecule has 1 heterocycles. The lowest BCUT2D eigenvalue weighted by Crippen LogP contribution is -2.43. The fraction of sp³-hybridized carbons (Fsp3) is 0.556. The van der Waals surface area contributed by atoms with E-state index >= 15 is 0 Å². The quantitative estimate of drug-likeness (QED) is 0.906. The Balaban J connectivity index is 1.82. The molecule has 0 bridgehead atoms. The molecule has 1 saturated heterocycles. The van der Waals surface area contributed by atoms with Crippen LogP contribution in [0.1, 0.15) is 37.0 Å². The number of piperidine rings is 1. The number of amides is 2. The Morgan fingerprint density at radius 3 is 2.52 bits per heavy atom. The average Bonchev–Trinajstić information content (AvgIpc) is 2.53. The molecule has 1 N–H and O–H groups in total. The summed E-state index contributed by atoms with van der Waals surface area (Å²) in [6.45, 7) is 6.35. The predicted octanol–water partition coefficient (Wildman–Crippen LogP) is 2.32. The van der Waals surface area contributed by atoms with Gasteiger partial charge in [-0.05, 0) is 30.4 Å². The van der Waals surface area contributed by atoms with Gasteiger partial charge in [-0.1, -0.05) is 26.0 Å². The van der Waals surface area contributed by atoms with Crippen molar-refractivity contribution >= 4 is 11.8 Å². The summed E-state index contributed by atoms with van der Waals surface area (Å²) in [5.74, 6) is 1.53. The largest absolute Gasteiger partial charge is 0.496 e. The second-order valence-electron chi connectivity index (χ2n) is 6.45. The molecule has 0 aromatic heterocycles. The molecule has 1 aromatic carbocycles. The second kappa shape index (κ2) is 7.99. The summed E-state index contributed by atoms with van der Waals surface area (Å²) in [6, 6.07) is 7.07. The van der Waals surface area contributed by atoms with Crippen molar-refractivity contribution in [3.8, 4) is 5.75 Å². The first-order chi connectivity index (χ1) is 11.0. The maximum Gasteiger partial charge on any atom is 0.255 e. The Labute approximate surface area is 138 Å². The molecule has 2 rings (SSSR count). The summed E-state index contributed by atoms with van der Waals surface area (Å²) in [5, 5.41) is 2.80. The molecule has 1 aliphatic heterocycles. The number of nitrogens with one attached hydrogen (secondary N) is 1. The van der Waals surface area contributed by atoms with E-state index in [4.69, 9.17) is 4.74 Å². The highest BCUT2D eigenvalue weighted by molar-refractivity contribution is 5.97. The zero-order valence-electron chi connectivity index (χ0n) is 14.2. The van der Waals surface area contributed by atoms with Crippen LogP contribution in [0.5, 0.6) is 5.75 Å². The van der Waals surface area contributed by atoms with E-state index in [1.54, 1.807) is 18.2 Å². The minimum Gasteiger partial charge on any atom is -0.496 e. The molecule has 126 valence electrons. The molecule has 1 aromatic rings. The van der Waals surface area contributed by atoms with Gasteiger partial charge in [0.2, 0.25) is 5.91 Å². The Morgan fingerprint density at radius 2 is 1.87 bits per heavy atom. The second-order valence-corrected chi connectivity index (χ2v) is 6.45. The third-order valence-electron chi connectivity index (χ3n) is 4.20. The van der Waals surface area contributed by atoms with Crippen LogP contribution in [0.3, 0.4) is 0 Å². The van der Waals surface area contributed by atoms with Gasteiger partial charge in [-0.15, -0.1) is 0 Å². The maximum atomic E-state index is 12.3. The van der Waals surface area contributed by atoms with Crippen LogP contribution in [0.15, 0.2) is 24.3 Å². The third-order valence-corrected chi connectivity index (χ3v) is 4.20. The number of para-hydroxylation sites is 1. The van der Waals surface area contributed by atoms with Gasteiger partial charge in [0.1, 0.15) is 5.75 Å². The van der Waals surface area contributed by atoms with Crippen molar-refractivity contribution in [3.63, 3.8) is 0 Å². The Hall–Kier alpha value is -2.04. The molecule has 2 amide bonds. The summed E-state index contributed by atoms with van der Waals surface area (Å²) in [7, 11) is 1.54. The maximum absolute atomic E-state index is 12.3. The van der Waals surface area contributed by atoms with E-state index in [0.29, 0.717) is 36.1 Å². The number of carbonyl (C=O) groups is 2. The van der Waals surface area contributed by atoms with Crippen LogP contribution < -0.4 is 10.1 Å². The molecule has 5 nitrogen and oxygen atoms in total. The van der Waals surface area contributed by atoms with E-state index in [1.165, 1.54) is 13.5 Å². The molecule has 1 aliphatic rings. The number of rotatable bonds is 5. The SMILES string of the molecule is COc1ccccc1C(=O)NCCC(=O)N1CC(C)CC(C)C1. The van der Waals surface area contributed by atoms with Gasteiger partial charge in [0.05, 0.1) is 12.7 Å². The van der Waals surface area contributed by atoms with Crippen LogP contribution >= 0.6 is 0 Å². The van der Waals surface area contributed by atoms with Crippen molar-refractivity contribution in [3.05, 3.63) is 29.8 Å². The number of methoxy groups -OCH3 is 1. The van der Waals surface area contributed by atoms with Gasteiger partial charge < -0.3 is 15.0 Å². The minimum absolute atomic E-state index is 0.115. The Morgan fingerprint density at radius 1 is 1.22 bits per heavy atom. The van der Waals surface area contributed by atoms with Crippen molar-refractivity contribution in [2.75, 3.05) is 26.7 Å². The molecule has 0 aliphatic carbocycles. The summed E-state index contributed by atoms with van der Waals surface area (Å²) >= 11 is 0. The van der Waals surface area contributed by atoms with Crippen molar-refractivity contribution in [2.45, 2.75) is 26.7 Å². The van der Waals surface area contributed by atoms with Crippen LogP contribution in [0.4, 0.5) is 0 Å².